The minimum Gasteiger partial charge on any atom is -0.294 e. The molecular weight excluding hydrogens is 494 g/mol. The maximum absolute atomic E-state index is 13.5. The molecule has 3 rings (SSSR count). The van der Waals surface area contributed by atoms with E-state index >= 15 is 0 Å². The highest BCUT2D eigenvalue weighted by Crippen LogP contribution is 2.31. The molecule has 5 heteroatoms. The first-order chi connectivity index (χ1) is 18.5. The number of ketones is 2. The summed E-state index contributed by atoms with van der Waals surface area (Å²) in [6, 6.07) is 16.0. The number of unbranched alkanes of at least 4 members (excludes halogenated alkanes) is 12. The zero-order valence-electron chi connectivity index (χ0n) is 22.9. The van der Waals surface area contributed by atoms with Crippen LogP contribution < -0.4 is 4.90 Å². The summed E-state index contributed by atoms with van der Waals surface area (Å²) >= 11 is 5.93. The molecule has 0 heterocycles. The normalized spacial score (nSPS) is 13.1. The van der Waals surface area contributed by atoms with Gasteiger partial charge >= 0.3 is 5.37 Å². The van der Waals surface area contributed by atoms with Gasteiger partial charge in [0.25, 0.3) is 0 Å². The van der Waals surface area contributed by atoms with E-state index in [-0.39, 0.29) is 18.1 Å². The van der Waals surface area contributed by atoms with Crippen molar-refractivity contribution in [2.75, 3.05) is 11.4 Å². The molecule has 0 atom stereocenters. The van der Waals surface area contributed by atoms with Crippen LogP contribution in [0.3, 0.4) is 0 Å². The number of fused-ring (bicyclic) bond motifs is 1. The van der Waals surface area contributed by atoms with Gasteiger partial charge in [-0.1, -0.05) is 126 Å². The van der Waals surface area contributed by atoms with E-state index < -0.39 is 5.37 Å². The molecule has 0 N–H and O–H groups in total. The molecule has 0 fully saturated rings. The SMILES string of the molecule is CCCCCCCCCCCCCCCC1=C(CN(C(=O)Cl)c2ccccc2)C(=O)c2ccccc2C1=O. The van der Waals surface area contributed by atoms with Crippen molar-refractivity contribution < 1.29 is 14.4 Å². The molecule has 0 saturated heterocycles. The first-order valence-corrected chi connectivity index (χ1v) is 14.8. The van der Waals surface area contributed by atoms with E-state index in [1.807, 2.05) is 18.2 Å². The van der Waals surface area contributed by atoms with Gasteiger partial charge in [-0.25, -0.2) is 0 Å². The van der Waals surface area contributed by atoms with Crippen molar-refractivity contribution in [3.63, 3.8) is 0 Å². The van der Waals surface area contributed by atoms with Gasteiger partial charge in [-0.05, 0) is 36.6 Å². The molecule has 0 aromatic heterocycles. The van der Waals surface area contributed by atoms with Crippen LogP contribution in [0.5, 0.6) is 0 Å². The largest absolute Gasteiger partial charge is 0.321 e. The Bertz CT molecular complexity index is 1090. The molecule has 204 valence electrons. The molecular formula is C33H42ClNO3. The quantitative estimate of drug-likeness (QED) is 0.115. The number of carbonyl (C=O) groups excluding carboxylic acids is 3. The van der Waals surface area contributed by atoms with Gasteiger partial charge in [0.2, 0.25) is 0 Å². The van der Waals surface area contributed by atoms with Crippen molar-refractivity contribution >= 4 is 34.2 Å². The molecule has 0 spiro atoms. The third-order valence-corrected chi connectivity index (χ3v) is 7.66. The molecule has 1 amide bonds. The van der Waals surface area contributed by atoms with Crippen LogP contribution in [-0.2, 0) is 0 Å². The lowest BCUT2D eigenvalue weighted by Gasteiger charge is -2.26. The number of Topliss-reactive ketones (excluding diaryl/α,β-unsaturated/α-hetero) is 2. The summed E-state index contributed by atoms with van der Waals surface area (Å²) in [7, 11) is 0. The summed E-state index contributed by atoms with van der Waals surface area (Å²) < 4.78 is 0. The van der Waals surface area contributed by atoms with Crippen molar-refractivity contribution in [1.29, 1.82) is 0 Å². The molecule has 1 aliphatic rings. The van der Waals surface area contributed by atoms with E-state index in [9.17, 15) is 14.4 Å². The first-order valence-electron chi connectivity index (χ1n) is 14.5. The smallest absolute Gasteiger partial charge is 0.294 e. The number of halogens is 1. The Morgan fingerprint density at radius 1 is 0.632 bits per heavy atom. The maximum atomic E-state index is 13.5. The summed E-state index contributed by atoms with van der Waals surface area (Å²) in [6.07, 6.45) is 16.8. The van der Waals surface area contributed by atoms with E-state index in [0.717, 1.165) is 19.3 Å². The molecule has 2 aromatic carbocycles. The number of hydrogen-bond donors (Lipinski definition) is 0. The minimum absolute atomic E-state index is 0.0148. The minimum atomic E-state index is -0.678. The fourth-order valence-electron chi connectivity index (χ4n) is 5.25. The summed E-state index contributed by atoms with van der Waals surface area (Å²) in [5.41, 5.74) is 2.35. The van der Waals surface area contributed by atoms with E-state index in [0.29, 0.717) is 34.4 Å². The van der Waals surface area contributed by atoms with Gasteiger partial charge in [-0.2, -0.15) is 0 Å². The van der Waals surface area contributed by atoms with Gasteiger partial charge in [-0.15, -0.1) is 0 Å². The van der Waals surface area contributed by atoms with Crippen molar-refractivity contribution in [3.8, 4) is 0 Å². The number of amides is 1. The van der Waals surface area contributed by atoms with Gasteiger partial charge in [0, 0.05) is 28.0 Å². The average Bonchev–Trinajstić information content (AvgIpc) is 2.93. The number of benzene rings is 2. The predicted molar refractivity (Wildman–Crippen MR) is 157 cm³/mol. The van der Waals surface area contributed by atoms with Crippen LogP contribution in [0.4, 0.5) is 10.5 Å². The number of allylic oxidation sites excluding steroid dienone is 1. The lowest BCUT2D eigenvalue weighted by Crippen LogP contribution is -2.34. The summed E-state index contributed by atoms with van der Waals surface area (Å²) in [5.74, 6) is -0.298. The standard InChI is InChI=1S/C33H42ClNO3/c1-2-3-4-5-6-7-8-9-10-11-12-13-17-22-29-30(25-35(33(34)38)26-20-15-14-16-21-26)32(37)28-24-19-18-23-27(28)31(29)36/h14-16,18-21,23-24H,2-13,17,22,25H2,1H3. The van der Waals surface area contributed by atoms with E-state index in [4.69, 9.17) is 11.6 Å². The predicted octanol–water partition coefficient (Wildman–Crippen LogP) is 9.71. The summed E-state index contributed by atoms with van der Waals surface area (Å²) in [4.78, 5) is 40.6. The lowest BCUT2D eigenvalue weighted by atomic mass is 9.81. The third kappa shape index (κ3) is 8.66. The maximum Gasteiger partial charge on any atom is 0.321 e. The molecule has 2 aromatic rings. The highest BCUT2D eigenvalue weighted by Gasteiger charge is 2.33. The average molecular weight is 536 g/mol. The number of rotatable bonds is 17. The fraction of sp³-hybridized carbons (Fsp3) is 0.485. The van der Waals surface area contributed by atoms with Gasteiger partial charge in [0.05, 0.1) is 6.54 Å². The number of anilines is 1. The van der Waals surface area contributed by atoms with Crippen LogP contribution in [0.15, 0.2) is 65.7 Å². The summed E-state index contributed by atoms with van der Waals surface area (Å²) in [6.45, 7) is 2.24. The third-order valence-electron chi connectivity index (χ3n) is 7.46. The second-order valence-corrected chi connectivity index (χ2v) is 10.7. The Morgan fingerprint density at radius 3 is 1.58 bits per heavy atom. The number of nitrogens with zero attached hydrogens (tertiary/aromatic N) is 1. The zero-order chi connectivity index (χ0) is 27.2. The number of para-hydroxylation sites is 1. The topological polar surface area (TPSA) is 54.5 Å². The zero-order valence-corrected chi connectivity index (χ0v) is 23.6. The number of hydrogen-bond acceptors (Lipinski definition) is 3. The molecule has 0 radical (unpaired) electrons. The molecule has 4 nitrogen and oxygen atoms in total. The molecule has 0 bridgehead atoms. The van der Waals surface area contributed by atoms with Crippen LogP contribution in [0.2, 0.25) is 0 Å². The Labute approximate surface area is 233 Å². The van der Waals surface area contributed by atoms with Crippen LogP contribution in [0.1, 0.15) is 118 Å². The van der Waals surface area contributed by atoms with Crippen LogP contribution >= 0.6 is 11.6 Å². The van der Waals surface area contributed by atoms with Crippen LogP contribution in [-0.4, -0.2) is 23.5 Å². The van der Waals surface area contributed by atoms with Crippen LogP contribution in [0, 0.1) is 0 Å². The van der Waals surface area contributed by atoms with Crippen molar-refractivity contribution in [1.82, 2.24) is 0 Å². The summed E-state index contributed by atoms with van der Waals surface area (Å²) in [5, 5.41) is -0.678. The fourth-order valence-corrected chi connectivity index (χ4v) is 5.41. The van der Waals surface area contributed by atoms with Crippen molar-refractivity contribution in [2.45, 2.75) is 96.8 Å². The van der Waals surface area contributed by atoms with E-state index in [2.05, 4.69) is 6.92 Å². The molecule has 0 unspecified atom stereocenters. The van der Waals surface area contributed by atoms with Crippen molar-refractivity contribution in [2.24, 2.45) is 0 Å². The van der Waals surface area contributed by atoms with Gasteiger partial charge < -0.3 is 0 Å². The second-order valence-electron chi connectivity index (χ2n) is 10.3. The number of carbonyl (C=O) groups is 3. The Balaban J connectivity index is 1.57. The van der Waals surface area contributed by atoms with E-state index in [1.54, 1.807) is 36.4 Å². The van der Waals surface area contributed by atoms with Crippen LogP contribution in [0.25, 0.3) is 0 Å². The Morgan fingerprint density at radius 2 is 1.08 bits per heavy atom. The van der Waals surface area contributed by atoms with Gasteiger partial charge in [-0.3, -0.25) is 19.3 Å². The van der Waals surface area contributed by atoms with Gasteiger partial charge in [0.15, 0.2) is 11.6 Å². The highest BCUT2D eigenvalue weighted by molar-refractivity contribution is 6.66. The monoisotopic (exact) mass is 535 g/mol. The molecule has 0 saturated carbocycles. The Hall–Kier alpha value is -2.72. The molecule has 0 aliphatic heterocycles. The Kier molecular flexibility index (Phi) is 12.8. The first kappa shape index (κ1) is 29.8. The van der Waals surface area contributed by atoms with E-state index in [1.165, 1.54) is 69.1 Å². The molecule has 38 heavy (non-hydrogen) atoms. The highest BCUT2D eigenvalue weighted by atomic mass is 35.5. The lowest BCUT2D eigenvalue weighted by molar-refractivity contribution is 0.0970. The molecule has 1 aliphatic carbocycles. The van der Waals surface area contributed by atoms with Crippen molar-refractivity contribution in [3.05, 3.63) is 76.9 Å². The second kappa shape index (κ2) is 16.3. The van der Waals surface area contributed by atoms with Gasteiger partial charge in [0.1, 0.15) is 0 Å².